The number of hydrogen-bond donors (Lipinski definition) is 1. The van der Waals surface area contributed by atoms with Crippen molar-refractivity contribution < 1.29 is 4.79 Å². The number of carbonyl (C=O) groups excluding carboxylic acids is 1. The zero-order valence-corrected chi connectivity index (χ0v) is 13.3. The Kier molecular flexibility index (Phi) is 6.20. The van der Waals surface area contributed by atoms with Crippen molar-refractivity contribution in [2.75, 3.05) is 25.9 Å². The van der Waals surface area contributed by atoms with Gasteiger partial charge in [-0.3, -0.25) is 4.79 Å². The number of nitrogens with zero attached hydrogens (tertiary/aromatic N) is 1. The Bertz CT molecular complexity index is 447. The molecule has 1 aromatic carbocycles. The van der Waals surface area contributed by atoms with Gasteiger partial charge < -0.3 is 10.2 Å². The molecule has 0 radical (unpaired) electrons. The highest BCUT2D eigenvalue weighted by atomic mass is 35.5. The van der Waals surface area contributed by atoms with Crippen LogP contribution in [0, 0.1) is 0 Å². The molecule has 2 rings (SSSR count). The summed E-state index contributed by atoms with van der Waals surface area (Å²) >= 11 is 7.70. The number of halogens is 1. The van der Waals surface area contributed by atoms with Crippen LogP contribution >= 0.6 is 23.4 Å². The molecular formula is C15H21ClN2OS. The van der Waals surface area contributed by atoms with E-state index in [1.807, 2.05) is 24.3 Å². The summed E-state index contributed by atoms with van der Waals surface area (Å²) < 4.78 is 0. The molecule has 0 spiro atoms. The Morgan fingerprint density at radius 3 is 2.80 bits per heavy atom. The number of nitrogens with one attached hydrogen (secondary N) is 1. The summed E-state index contributed by atoms with van der Waals surface area (Å²) in [6.45, 7) is 2.13. The Morgan fingerprint density at radius 1 is 1.40 bits per heavy atom. The summed E-state index contributed by atoms with van der Waals surface area (Å²) in [5, 5.41) is 3.89. The van der Waals surface area contributed by atoms with Crippen LogP contribution in [0.5, 0.6) is 0 Å². The van der Waals surface area contributed by atoms with Gasteiger partial charge in [0.05, 0.1) is 5.75 Å². The maximum atomic E-state index is 11.9. The van der Waals surface area contributed by atoms with Crippen molar-refractivity contribution in [3.05, 3.63) is 34.9 Å². The quantitative estimate of drug-likeness (QED) is 0.907. The fourth-order valence-electron chi connectivity index (χ4n) is 2.29. The van der Waals surface area contributed by atoms with Gasteiger partial charge in [0.1, 0.15) is 0 Å². The molecule has 5 heteroatoms. The molecule has 0 atom stereocenters. The number of thioether (sulfide) groups is 1. The van der Waals surface area contributed by atoms with Gasteiger partial charge in [-0.15, -0.1) is 11.8 Å². The third kappa shape index (κ3) is 5.00. The van der Waals surface area contributed by atoms with Gasteiger partial charge in [-0.05, 0) is 44.6 Å². The van der Waals surface area contributed by atoms with Gasteiger partial charge in [0.2, 0.25) is 5.91 Å². The first kappa shape index (κ1) is 15.7. The SMILES string of the molecule is CN1CCC(NC(=O)CSCc2ccccc2Cl)CC1. The first-order valence-corrected chi connectivity index (χ1v) is 8.47. The summed E-state index contributed by atoms with van der Waals surface area (Å²) in [4.78, 5) is 14.2. The second kappa shape index (κ2) is 7.91. The first-order chi connectivity index (χ1) is 9.65. The molecule has 1 saturated heterocycles. The van der Waals surface area contributed by atoms with Crippen molar-refractivity contribution in [1.82, 2.24) is 10.2 Å². The summed E-state index contributed by atoms with van der Waals surface area (Å²) in [5.41, 5.74) is 1.09. The molecule has 0 aromatic heterocycles. The number of likely N-dealkylation sites (tertiary alicyclic amines) is 1. The Morgan fingerprint density at radius 2 is 2.10 bits per heavy atom. The van der Waals surface area contributed by atoms with E-state index in [1.165, 1.54) is 0 Å². The maximum absolute atomic E-state index is 11.9. The minimum absolute atomic E-state index is 0.136. The van der Waals surface area contributed by atoms with Gasteiger partial charge in [-0.1, -0.05) is 29.8 Å². The van der Waals surface area contributed by atoms with Crippen molar-refractivity contribution in [3.63, 3.8) is 0 Å². The van der Waals surface area contributed by atoms with Crippen molar-refractivity contribution in [2.45, 2.75) is 24.6 Å². The molecule has 1 aliphatic heterocycles. The number of piperidine rings is 1. The van der Waals surface area contributed by atoms with Crippen molar-refractivity contribution >= 4 is 29.3 Å². The van der Waals surface area contributed by atoms with Crippen LogP contribution in [0.3, 0.4) is 0 Å². The largest absolute Gasteiger partial charge is 0.353 e. The van der Waals surface area contributed by atoms with E-state index >= 15 is 0 Å². The van der Waals surface area contributed by atoms with Gasteiger partial charge >= 0.3 is 0 Å². The second-order valence-corrected chi connectivity index (χ2v) is 6.62. The highest BCUT2D eigenvalue weighted by Gasteiger charge is 2.18. The van der Waals surface area contributed by atoms with Crippen molar-refractivity contribution in [2.24, 2.45) is 0 Å². The van der Waals surface area contributed by atoms with E-state index in [1.54, 1.807) is 11.8 Å². The van der Waals surface area contributed by atoms with Crippen LogP contribution in [0.15, 0.2) is 24.3 Å². The minimum atomic E-state index is 0.136. The Hall–Kier alpha value is -0.710. The molecule has 0 aliphatic carbocycles. The average molecular weight is 313 g/mol. The van der Waals surface area contributed by atoms with Gasteiger partial charge in [0, 0.05) is 16.8 Å². The monoisotopic (exact) mass is 312 g/mol. The number of hydrogen-bond acceptors (Lipinski definition) is 3. The molecule has 0 saturated carbocycles. The fraction of sp³-hybridized carbons (Fsp3) is 0.533. The average Bonchev–Trinajstić information content (AvgIpc) is 2.43. The maximum Gasteiger partial charge on any atom is 0.230 e. The van der Waals surface area contributed by atoms with Gasteiger partial charge in [0.15, 0.2) is 0 Å². The lowest BCUT2D eigenvalue weighted by molar-refractivity contribution is -0.119. The molecule has 0 unspecified atom stereocenters. The summed E-state index contributed by atoms with van der Waals surface area (Å²) in [5.74, 6) is 1.41. The van der Waals surface area contributed by atoms with Crippen LogP contribution in [0.4, 0.5) is 0 Å². The van der Waals surface area contributed by atoms with Crippen LogP contribution in [0.25, 0.3) is 0 Å². The van der Waals surface area contributed by atoms with Crippen LogP contribution < -0.4 is 5.32 Å². The Balaban J connectivity index is 1.67. The third-order valence-electron chi connectivity index (χ3n) is 3.53. The molecule has 1 amide bonds. The van der Waals surface area contributed by atoms with E-state index in [-0.39, 0.29) is 5.91 Å². The fourth-order valence-corrected chi connectivity index (χ4v) is 3.42. The number of benzene rings is 1. The lowest BCUT2D eigenvalue weighted by Gasteiger charge is -2.29. The Labute approximate surface area is 130 Å². The zero-order chi connectivity index (χ0) is 14.4. The lowest BCUT2D eigenvalue weighted by atomic mass is 10.1. The van der Waals surface area contributed by atoms with E-state index in [2.05, 4.69) is 17.3 Å². The number of amides is 1. The molecule has 1 N–H and O–H groups in total. The van der Waals surface area contributed by atoms with E-state index in [4.69, 9.17) is 11.6 Å². The molecule has 110 valence electrons. The summed E-state index contributed by atoms with van der Waals surface area (Å²) in [6.07, 6.45) is 2.11. The number of carbonyl (C=O) groups is 1. The molecular weight excluding hydrogens is 292 g/mol. The van der Waals surface area contributed by atoms with Gasteiger partial charge in [0.25, 0.3) is 0 Å². The normalized spacial score (nSPS) is 17.1. The smallest absolute Gasteiger partial charge is 0.230 e. The summed E-state index contributed by atoms with van der Waals surface area (Å²) in [7, 11) is 2.12. The van der Waals surface area contributed by atoms with E-state index in [0.29, 0.717) is 11.8 Å². The van der Waals surface area contributed by atoms with Crippen LogP contribution in [-0.4, -0.2) is 42.7 Å². The molecule has 0 bridgehead atoms. The molecule has 1 fully saturated rings. The minimum Gasteiger partial charge on any atom is -0.353 e. The molecule has 1 aliphatic rings. The highest BCUT2D eigenvalue weighted by Crippen LogP contribution is 2.20. The van der Waals surface area contributed by atoms with Gasteiger partial charge in [-0.25, -0.2) is 0 Å². The van der Waals surface area contributed by atoms with Crippen molar-refractivity contribution in [1.29, 1.82) is 0 Å². The summed E-state index contributed by atoms with van der Waals surface area (Å²) in [6, 6.07) is 8.13. The van der Waals surface area contributed by atoms with Crippen LogP contribution in [0.2, 0.25) is 5.02 Å². The molecule has 3 nitrogen and oxygen atoms in total. The number of rotatable bonds is 5. The topological polar surface area (TPSA) is 32.3 Å². The predicted molar refractivity (Wildman–Crippen MR) is 86.3 cm³/mol. The molecule has 1 heterocycles. The van der Waals surface area contributed by atoms with Gasteiger partial charge in [-0.2, -0.15) is 0 Å². The predicted octanol–water partition coefficient (Wildman–Crippen LogP) is 2.78. The lowest BCUT2D eigenvalue weighted by Crippen LogP contribution is -2.43. The molecule has 20 heavy (non-hydrogen) atoms. The van der Waals surface area contributed by atoms with Crippen LogP contribution in [0.1, 0.15) is 18.4 Å². The standard InChI is InChI=1S/C15H21ClN2OS/c1-18-8-6-13(7-9-18)17-15(19)11-20-10-12-4-2-3-5-14(12)16/h2-5,13H,6-11H2,1H3,(H,17,19). The van der Waals surface area contributed by atoms with E-state index in [0.717, 1.165) is 42.3 Å². The first-order valence-electron chi connectivity index (χ1n) is 6.94. The van der Waals surface area contributed by atoms with E-state index in [9.17, 15) is 4.79 Å². The molecule has 1 aromatic rings. The van der Waals surface area contributed by atoms with E-state index < -0.39 is 0 Å². The van der Waals surface area contributed by atoms with Crippen LogP contribution in [-0.2, 0) is 10.5 Å². The second-order valence-electron chi connectivity index (χ2n) is 5.23. The van der Waals surface area contributed by atoms with Crippen molar-refractivity contribution in [3.8, 4) is 0 Å². The third-order valence-corrected chi connectivity index (χ3v) is 4.88. The zero-order valence-electron chi connectivity index (χ0n) is 11.8. The highest BCUT2D eigenvalue weighted by molar-refractivity contribution is 7.99.